The van der Waals surface area contributed by atoms with Crippen molar-refractivity contribution >= 4 is 5.69 Å². The Hall–Kier alpha value is -2.04. The van der Waals surface area contributed by atoms with Crippen LogP contribution in [-0.4, -0.2) is 10.2 Å². The highest BCUT2D eigenvalue weighted by Gasteiger charge is 2.01. The highest BCUT2D eigenvalue weighted by Crippen LogP contribution is 2.20. The number of anilines is 1. The van der Waals surface area contributed by atoms with Gasteiger partial charge in [-0.3, -0.25) is 0 Å². The largest absolute Gasteiger partial charge is 0.420 e. The third-order valence-electron chi connectivity index (χ3n) is 1.40. The van der Waals surface area contributed by atoms with Crippen LogP contribution < -0.4 is 10.5 Å². The zero-order chi connectivity index (χ0) is 9.10. The van der Waals surface area contributed by atoms with Gasteiger partial charge in [0.2, 0.25) is 6.39 Å². The van der Waals surface area contributed by atoms with E-state index in [0.29, 0.717) is 11.4 Å². The number of benzene rings is 1. The average Bonchev–Trinajstić information content (AvgIpc) is 2.57. The van der Waals surface area contributed by atoms with Crippen molar-refractivity contribution in [2.24, 2.45) is 0 Å². The van der Waals surface area contributed by atoms with Crippen LogP contribution in [0.5, 0.6) is 11.8 Å². The summed E-state index contributed by atoms with van der Waals surface area (Å²) in [5.74, 6) is 0.573. The van der Waals surface area contributed by atoms with Gasteiger partial charge in [-0.15, -0.1) is 5.10 Å². The number of aromatic nitrogens is 2. The Kier molecular flexibility index (Phi) is 1.84. The molecule has 0 bridgehead atoms. The van der Waals surface area contributed by atoms with Gasteiger partial charge in [0.15, 0.2) is 0 Å². The minimum atomic E-state index is 0.102. The lowest BCUT2D eigenvalue weighted by atomic mass is 10.3. The second-order valence-electron chi connectivity index (χ2n) is 2.38. The first kappa shape index (κ1) is 7.60. The first-order chi connectivity index (χ1) is 6.34. The van der Waals surface area contributed by atoms with Gasteiger partial charge in [0.05, 0.1) is 0 Å². The summed E-state index contributed by atoms with van der Waals surface area (Å²) < 4.78 is 9.97. The van der Waals surface area contributed by atoms with E-state index in [0.717, 1.165) is 0 Å². The van der Waals surface area contributed by atoms with E-state index in [-0.39, 0.29) is 6.08 Å². The molecule has 13 heavy (non-hydrogen) atoms. The second-order valence-corrected chi connectivity index (χ2v) is 2.38. The van der Waals surface area contributed by atoms with Crippen molar-refractivity contribution in [1.82, 2.24) is 10.2 Å². The number of rotatable bonds is 2. The van der Waals surface area contributed by atoms with Crippen molar-refractivity contribution in [2.75, 3.05) is 5.73 Å². The molecule has 0 amide bonds. The Labute approximate surface area is 74.1 Å². The second kappa shape index (κ2) is 3.14. The highest BCUT2D eigenvalue weighted by molar-refractivity contribution is 5.44. The normalized spacial score (nSPS) is 9.85. The quantitative estimate of drug-likeness (QED) is 0.702. The summed E-state index contributed by atoms with van der Waals surface area (Å²) in [4.78, 5) is 0. The Morgan fingerprint density at radius 3 is 3.00 bits per heavy atom. The smallest absolute Gasteiger partial charge is 0.410 e. The van der Waals surface area contributed by atoms with Crippen LogP contribution in [-0.2, 0) is 0 Å². The fourth-order valence-corrected chi connectivity index (χ4v) is 0.886. The summed E-state index contributed by atoms with van der Waals surface area (Å²) in [5.41, 5.74) is 6.16. The fraction of sp³-hybridized carbons (Fsp3) is 0. The molecule has 0 saturated carbocycles. The van der Waals surface area contributed by atoms with Crippen LogP contribution in [0.15, 0.2) is 35.1 Å². The van der Waals surface area contributed by atoms with E-state index in [2.05, 4.69) is 10.2 Å². The number of hydrogen-bond acceptors (Lipinski definition) is 5. The molecule has 66 valence electrons. The number of ether oxygens (including phenoxy) is 1. The molecule has 0 aliphatic heterocycles. The van der Waals surface area contributed by atoms with Crippen LogP contribution in [0, 0.1) is 0 Å². The first-order valence-electron chi connectivity index (χ1n) is 3.64. The Morgan fingerprint density at radius 1 is 1.38 bits per heavy atom. The lowest BCUT2D eigenvalue weighted by molar-refractivity contribution is 0.331. The van der Waals surface area contributed by atoms with Crippen LogP contribution >= 0.6 is 0 Å². The fourth-order valence-electron chi connectivity index (χ4n) is 0.886. The molecule has 2 N–H and O–H groups in total. The number of nitrogens with zero attached hydrogens (tertiary/aromatic N) is 2. The molecule has 0 radical (unpaired) electrons. The molecule has 0 saturated heterocycles. The van der Waals surface area contributed by atoms with Gasteiger partial charge >= 0.3 is 6.08 Å². The summed E-state index contributed by atoms with van der Waals surface area (Å²) >= 11 is 0. The Balaban J connectivity index is 2.19. The topological polar surface area (TPSA) is 74.2 Å². The van der Waals surface area contributed by atoms with Gasteiger partial charge in [0, 0.05) is 11.8 Å². The lowest BCUT2D eigenvalue weighted by Crippen LogP contribution is -1.87. The molecular formula is C8H7N3O2. The Bertz CT molecular complexity index is 386. The molecule has 0 aliphatic carbocycles. The highest BCUT2D eigenvalue weighted by atomic mass is 16.6. The zero-order valence-corrected chi connectivity index (χ0v) is 6.68. The maximum atomic E-state index is 5.54. The van der Waals surface area contributed by atoms with Crippen molar-refractivity contribution in [3.8, 4) is 11.8 Å². The molecule has 1 aromatic carbocycles. The molecule has 1 aromatic heterocycles. The molecule has 0 atom stereocenters. The van der Waals surface area contributed by atoms with E-state index in [4.69, 9.17) is 14.9 Å². The predicted molar refractivity (Wildman–Crippen MR) is 45.2 cm³/mol. The van der Waals surface area contributed by atoms with Gasteiger partial charge < -0.3 is 14.9 Å². The molecular weight excluding hydrogens is 170 g/mol. The van der Waals surface area contributed by atoms with Gasteiger partial charge in [0.25, 0.3) is 0 Å². The molecule has 2 rings (SSSR count). The first-order valence-corrected chi connectivity index (χ1v) is 3.64. The van der Waals surface area contributed by atoms with Crippen molar-refractivity contribution < 1.29 is 9.15 Å². The van der Waals surface area contributed by atoms with Crippen LogP contribution in [0.25, 0.3) is 0 Å². The maximum Gasteiger partial charge on any atom is 0.420 e. The van der Waals surface area contributed by atoms with Crippen LogP contribution in [0.3, 0.4) is 0 Å². The summed E-state index contributed by atoms with van der Waals surface area (Å²) in [7, 11) is 0. The number of hydrogen-bond donors (Lipinski definition) is 1. The molecule has 2 aromatic rings. The van der Waals surface area contributed by atoms with E-state index in [1.54, 1.807) is 24.3 Å². The molecule has 0 aliphatic rings. The summed E-state index contributed by atoms with van der Waals surface area (Å²) in [6.07, 6.45) is 1.30. The third-order valence-corrected chi connectivity index (χ3v) is 1.40. The van der Waals surface area contributed by atoms with Crippen LogP contribution in [0.1, 0.15) is 0 Å². The molecule has 0 unspecified atom stereocenters. The molecule has 0 spiro atoms. The van der Waals surface area contributed by atoms with E-state index in [1.807, 2.05) is 0 Å². The van der Waals surface area contributed by atoms with Crippen molar-refractivity contribution in [3.63, 3.8) is 0 Å². The van der Waals surface area contributed by atoms with Gasteiger partial charge in [-0.25, -0.2) is 0 Å². The predicted octanol–water partition coefficient (Wildman–Crippen LogP) is 1.44. The minimum absolute atomic E-state index is 0.102. The van der Waals surface area contributed by atoms with E-state index in [1.165, 1.54) is 6.39 Å². The summed E-state index contributed by atoms with van der Waals surface area (Å²) in [6.45, 7) is 0. The summed E-state index contributed by atoms with van der Waals surface area (Å²) in [6, 6.07) is 6.96. The number of nitrogens with two attached hydrogens (primary N) is 1. The lowest BCUT2D eigenvalue weighted by Gasteiger charge is -1.99. The van der Waals surface area contributed by atoms with E-state index in [9.17, 15) is 0 Å². The minimum Gasteiger partial charge on any atom is -0.410 e. The zero-order valence-electron chi connectivity index (χ0n) is 6.68. The van der Waals surface area contributed by atoms with Gasteiger partial charge in [-0.2, -0.15) is 0 Å². The summed E-state index contributed by atoms with van der Waals surface area (Å²) in [5, 5.41) is 7.03. The number of nitrogen functional groups attached to an aromatic ring is 1. The van der Waals surface area contributed by atoms with Crippen LogP contribution in [0.4, 0.5) is 5.69 Å². The van der Waals surface area contributed by atoms with Crippen molar-refractivity contribution in [1.29, 1.82) is 0 Å². The Morgan fingerprint density at radius 2 is 2.31 bits per heavy atom. The SMILES string of the molecule is Nc1cccc(Oc2nnco2)c1. The molecule has 5 heteroatoms. The average molecular weight is 177 g/mol. The molecule has 5 nitrogen and oxygen atoms in total. The standard InChI is InChI=1S/C8H7N3O2/c9-6-2-1-3-7(4-6)13-8-11-10-5-12-8/h1-5H,9H2. The monoisotopic (exact) mass is 177 g/mol. The van der Waals surface area contributed by atoms with Gasteiger partial charge in [-0.05, 0) is 12.1 Å². The van der Waals surface area contributed by atoms with Crippen molar-refractivity contribution in [3.05, 3.63) is 30.7 Å². The van der Waals surface area contributed by atoms with E-state index < -0.39 is 0 Å². The van der Waals surface area contributed by atoms with Gasteiger partial charge in [0.1, 0.15) is 5.75 Å². The van der Waals surface area contributed by atoms with Gasteiger partial charge in [-0.1, -0.05) is 11.2 Å². The third kappa shape index (κ3) is 1.76. The maximum absolute atomic E-state index is 5.54. The van der Waals surface area contributed by atoms with E-state index >= 15 is 0 Å². The van der Waals surface area contributed by atoms with Crippen molar-refractivity contribution in [2.45, 2.75) is 0 Å². The molecule has 1 heterocycles. The molecule has 0 fully saturated rings. The van der Waals surface area contributed by atoms with Crippen LogP contribution in [0.2, 0.25) is 0 Å².